The molecule has 1 aliphatic rings. The first-order chi connectivity index (χ1) is 16.8. The predicted molar refractivity (Wildman–Crippen MR) is 129 cm³/mol. The van der Waals surface area contributed by atoms with Crippen LogP contribution in [0.5, 0.6) is 11.5 Å². The van der Waals surface area contributed by atoms with Crippen LogP contribution in [0.25, 0.3) is 22.6 Å². The molecule has 1 aliphatic heterocycles. The molecule has 0 spiro atoms. The van der Waals surface area contributed by atoms with Crippen LogP contribution in [-0.2, 0) is 11.3 Å². The summed E-state index contributed by atoms with van der Waals surface area (Å²) in [4.78, 5) is 30.6. The van der Waals surface area contributed by atoms with Crippen molar-refractivity contribution in [2.24, 2.45) is 5.41 Å². The Labute approximate surface area is 205 Å². The number of nitrogens with zero attached hydrogens (tertiary/aromatic N) is 5. The van der Waals surface area contributed by atoms with E-state index in [-0.39, 0.29) is 12.7 Å². The number of fused-ring (bicyclic) bond motifs is 2. The molecule has 0 atom stereocenters. The minimum atomic E-state index is -0.444. The van der Waals surface area contributed by atoms with Gasteiger partial charge in [-0.15, -0.1) is 0 Å². The van der Waals surface area contributed by atoms with Crippen molar-refractivity contribution in [2.45, 2.75) is 43.8 Å². The van der Waals surface area contributed by atoms with Gasteiger partial charge in [-0.05, 0) is 18.6 Å². The zero-order valence-electron chi connectivity index (χ0n) is 19.6. The standard InChI is InChI=1S/C23H25N7O4S/c1-23(2,3)21(31)26-5-4-7-30-19-17(18(24)27-11-28-19)29-22(30)35-16-10-15-14(33-12-34-15)9-13(16)20-25-6-8-32-20/h6,8-11H,4-5,7,12H2,1-3H3,(H,26,31)(H2,24,27,28). The summed E-state index contributed by atoms with van der Waals surface area (Å²) in [6.45, 7) is 6.90. The number of nitrogens with one attached hydrogen (secondary N) is 1. The van der Waals surface area contributed by atoms with E-state index in [4.69, 9.17) is 24.6 Å². The fourth-order valence-corrected chi connectivity index (χ4v) is 4.59. The van der Waals surface area contributed by atoms with E-state index in [9.17, 15) is 4.79 Å². The molecule has 12 heteroatoms. The van der Waals surface area contributed by atoms with Gasteiger partial charge in [0.15, 0.2) is 33.6 Å². The van der Waals surface area contributed by atoms with Gasteiger partial charge in [-0.3, -0.25) is 4.79 Å². The Morgan fingerprint density at radius 3 is 2.74 bits per heavy atom. The average molecular weight is 496 g/mol. The number of ether oxygens (including phenoxy) is 2. The van der Waals surface area contributed by atoms with E-state index >= 15 is 0 Å². The first kappa shape index (κ1) is 23.0. The van der Waals surface area contributed by atoms with Crippen LogP contribution in [0.1, 0.15) is 27.2 Å². The lowest BCUT2D eigenvalue weighted by Crippen LogP contribution is -2.35. The summed E-state index contributed by atoms with van der Waals surface area (Å²) >= 11 is 1.41. The monoisotopic (exact) mass is 495 g/mol. The summed E-state index contributed by atoms with van der Waals surface area (Å²) in [5, 5.41) is 3.65. The molecule has 4 aromatic rings. The highest BCUT2D eigenvalue weighted by atomic mass is 32.2. The average Bonchev–Trinajstić information content (AvgIpc) is 3.56. The van der Waals surface area contributed by atoms with Crippen LogP contribution in [0.3, 0.4) is 0 Å². The van der Waals surface area contributed by atoms with Gasteiger partial charge in [-0.25, -0.2) is 19.9 Å². The molecule has 1 aromatic carbocycles. The third-order valence-electron chi connectivity index (χ3n) is 5.39. The Morgan fingerprint density at radius 2 is 2.00 bits per heavy atom. The topological polar surface area (TPSA) is 143 Å². The summed E-state index contributed by atoms with van der Waals surface area (Å²) in [6.07, 6.45) is 5.21. The highest BCUT2D eigenvalue weighted by Gasteiger charge is 2.24. The number of benzene rings is 1. The normalized spacial score (nSPS) is 12.9. The van der Waals surface area contributed by atoms with Gasteiger partial charge in [0.2, 0.25) is 18.6 Å². The lowest BCUT2D eigenvalue weighted by Gasteiger charge is -2.17. The van der Waals surface area contributed by atoms with Crippen molar-refractivity contribution in [1.82, 2.24) is 29.8 Å². The van der Waals surface area contributed by atoms with Crippen molar-refractivity contribution in [3.05, 3.63) is 30.9 Å². The van der Waals surface area contributed by atoms with Crippen molar-refractivity contribution in [2.75, 3.05) is 19.1 Å². The van der Waals surface area contributed by atoms with Gasteiger partial charge in [-0.1, -0.05) is 32.5 Å². The molecule has 5 rings (SSSR count). The van der Waals surface area contributed by atoms with Crippen LogP contribution in [0.15, 0.2) is 45.4 Å². The van der Waals surface area contributed by atoms with E-state index in [1.165, 1.54) is 24.4 Å². The SMILES string of the molecule is CC(C)(C)C(=O)NCCCn1c(Sc2cc3c(cc2-c2ncco2)OCO3)nc2c(N)ncnc21. The molecule has 4 heterocycles. The Bertz CT molecular complexity index is 1380. The summed E-state index contributed by atoms with van der Waals surface area (Å²) < 4.78 is 18.7. The first-order valence-electron chi connectivity index (χ1n) is 11.1. The molecule has 11 nitrogen and oxygen atoms in total. The van der Waals surface area contributed by atoms with Crippen LogP contribution in [0.4, 0.5) is 5.82 Å². The molecule has 182 valence electrons. The van der Waals surface area contributed by atoms with Crippen LogP contribution < -0.4 is 20.5 Å². The Morgan fingerprint density at radius 1 is 1.20 bits per heavy atom. The maximum Gasteiger partial charge on any atom is 0.231 e. The number of aryl methyl sites for hydroxylation is 1. The lowest BCUT2D eigenvalue weighted by molar-refractivity contribution is -0.128. The zero-order chi connectivity index (χ0) is 24.6. The highest BCUT2D eigenvalue weighted by Crippen LogP contribution is 2.44. The van der Waals surface area contributed by atoms with E-state index in [0.29, 0.717) is 59.0 Å². The molecule has 3 aromatic heterocycles. The number of rotatable bonds is 7. The Kier molecular flexibility index (Phi) is 5.97. The number of nitrogens with two attached hydrogens (primary N) is 1. The third kappa shape index (κ3) is 4.61. The van der Waals surface area contributed by atoms with Crippen molar-refractivity contribution in [3.63, 3.8) is 0 Å². The summed E-state index contributed by atoms with van der Waals surface area (Å²) in [5.41, 5.74) is 7.55. The summed E-state index contributed by atoms with van der Waals surface area (Å²) in [5.74, 6) is 2.02. The second-order valence-electron chi connectivity index (χ2n) is 8.98. The number of oxazole rings is 1. The molecule has 0 fully saturated rings. The molecule has 1 amide bonds. The molecule has 35 heavy (non-hydrogen) atoms. The first-order valence-corrected chi connectivity index (χ1v) is 11.9. The fourth-order valence-electron chi connectivity index (χ4n) is 3.55. The number of hydrogen-bond acceptors (Lipinski definition) is 10. The number of amides is 1. The van der Waals surface area contributed by atoms with Gasteiger partial charge in [0.25, 0.3) is 0 Å². The smallest absolute Gasteiger partial charge is 0.231 e. The molecule has 0 bridgehead atoms. The van der Waals surface area contributed by atoms with Gasteiger partial charge in [-0.2, -0.15) is 0 Å². The lowest BCUT2D eigenvalue weighted by atomic mass is 9.96. The Balaban J connectivity index is 1.47. The van der Waals surface area contributed by atoms with E-state index in [2.05, 4.69) is 20.3 Å². The zero-order valence-corrected chi connectivity index (χ0v) is 20.4. The Hall–Kier alpha value is -3.80. The number of imidazole rings is 1. The summed E-state index contributed by atoms with van der Waals surface area (Å²) in [7, 11) is 0. The number of carbonyl (C=O) groups is 1. The summed E-state index contributed by atoms with van der Waals surface area (Å²) in [6, 6.07) is 3.73. The number of hydrogen-bond donors (Lipinski definition) is 2. The number of anilines is 1. The predicted octanol–water partition coefficient (Wildman–Crippen LogP) is 3.50. The van der Waals surface area contributed by atoms with Crippen molar-refractivity contribution in [3.8, 4) is 23.0 Å². The molecule has 0 saturated heterocycles. The quantitative estimate of drug-likeness (QED) is 0.366. The molecule has 0 radical (unpaired) electrons. The number of aromatic nitrogens is 5. The van der Waals surface area contributed by atoms with Crippen molar-refractivity contribution in [1.29, 1.82) is 0 Å². The highest BCUT2D eigenvalue weighted by molar-refractivity contribution is 7.99. The van der Waals surface area contributed by atoms with Gasteiger partial charge < -0.3 is 29.5 Å². The van der Waals surface area contributed by atoms with E-state index < -0.39 is 5.41 Å². The van der Waals surface area contributed by atoms with E-state index in [1.54, 1.807) is 6.20 Å². The van der Waals surface area contributed by atoms with Crippen LogP contribution in [-0.4, -0.2) is 43.7 Å². The fraction of sp³-hybridized carbons (Fsp3) is 0.348. The minimum Gasteiger partial charge on any atom is -0.454 e. The number of carbonyl (C=O) groups excluding carboxylic acids is 1. The van der Waals surface area contributed by atoms with Crippen LogP contribution >= 0.6 is 11.8 Å². The van der Waals surface area contributed by atoms with Crippen LogP contribution in [0, 0.1) is 5.41 Å². The van der Waals surface area contributed by atoms with Gasteiger partial charge >= 0.3 is 0 Å². The maximum atomic E-state index is 12.2. The van der Waals surface area contributed by atoms with E-state index in [1.807, 2.05) is 37.5 Å². The van der Waals surface area contributed by atoms with Crippen molar-refractivity contribution < 1.29 is 18.7 Å². The molecular formula is C23H25N7O4S. The molecule has 0 unspecified atom stereocenters. The maximum absolute atomic E-state index is 12.2. The minimum absolute atomic E-state index is 0.00473. The molecule has 0 aliphatic carbocycles. The van der Waals surface area contributed by atoms with Gasteiger partial charge in [0, 0.05) is 23.4 Å². The number of nitrogen functional groups attached to an aromatic ring is 1. The molecular weight excluding hydrogens is 470 g/mol. The van der Waals surface area contributed by atoms with Gasteiger partial charge in [0.05, 0.1) is 11.8 Å². The van der Waals surface area contributed by atoms with E-state index in [0.717, 1.165) is 10.5 Å². The molecule has 3 N–H and O–H groups in total. The van der Waals surface area contributed by atoms with Crippen LogP contribution in [0.2, 0.25) is 0 Å². The van der Waals surface area contributed by atoms with Crippen molar-refractivity contribution >= 4 is 34.7 Å². The third-order valence-corrected chi connectivity index (χ3v) is 6.44. The second kappa shape index (κ2) is 9.10. The molecule has 0 saturated carbocycles. The second-order valence-corrected chi connectivity index (χ2v) is 9.99. The largest absolute Gasteiger partial charge is 0.454 e. The van der Waals surface area contributed by atoms with Gasteiger partial charge in [0.1, 0.15) is 12.6 Å².